The molecule has 0 N–H and O–H groups in total. The third-order valence-corrected chi connectivity index (χ3v) is 2.32. The molecule has 0 spiro atoms. The van der Waals surface area contributed by atoms with Crippen molar-refractivity contribution < 1.29 is 4.79 Å². The minimum absolute atomic E-state index is 0.395. The van der Waals surface area contributed by atoms with E-state index in [1.807, 2.05) is 6.92 Å². The summed E-state index contributed by atoms with van der Waals surface area (Å²) in [7, 11) is 0. The summed E-state index contributed by atoms with van der Waals surface area (Å²) in [5.41, 5.74) is 2.85. The number of hydrogen-bond donors (Lipinski definition) is 0. The van der Waals surface area contributed by atoms with E-state index in [9.17, 15) is 4.79 Å². The van der Waals surface area contributed by atoms with Crippen LogP contribution in [0, 0.1) is 0 Å². The Labute approximate surface area is 86.1 Å². The second-order valence-corrected chi connectivity index (χ2v) is 3.58. The molecule has 0 radical (unpaired) electrons. The summed E-state index contributed by atoms with van der Waals surface area (Å²) >= 11 is 0. The number of Topliss-reactive ketones (excluding diaryl/α,β-unsaturated/α-hetero) is 1. The van der Waals surface area contributed by atoms with Gasteiger partial charge in [-0.1, -0.05) is 38.5 Å². The van der Waals surface area contributed by atoms with Crippen LogP contribution in [0.15, 0.2) is 24.3 Å². The van der Waals surface area contributed by atoms with E-state index < -0.39 is 0 Å². The molecular formula is C13H18O. The van der Waals surface area contributed by atoms with Crippen LogP contribution >= 0.6 is 0 Å². The van der Waals surface area contributed by atoms with Crippen LogP contribution in [0.25, 0.3) is 11.1 Å². The van der Waals surface area contributed by atoms with Crippen molar-refractivity contribution in [3.8, 4) is 11.1 Å². The summed E-state index contributed by atoms with van der Waals surface area (Å²) in [5, 5.41) is 0. The topological polar surface area (TPSA) is 17.1 Å². The molecule has 0 aromatic carbocycles. The molecular weight excluding hydrogens is 172 g/mol. The molecule has 0 saturated carbocycles. The van der Waals surface area contributed by atoms with E-state index >= 15 is 0 Å². The Morgan fingerprint density at radius 3 is 2.14 bits per heavy atom. The van der Waals surface area contributed by atoms with Crippen molar-refractivity contribution in [3.05, 3.63) is 24.3 Å². The van der Waals surface area contributed by atoms with Gasteiger partial charge in [-0.2, -0.15) is 0 Å². The van der Waals surface area contributed by atoms with Crippen LogP contribution in [0.2, 0.25) is 0 Å². The molecule has 76 valence electrons. The second-order valence-electron chi connectivity index (χ2n) is 3.58. The summed E-state index contributed by atoms with van der Waals surface area (Å²) in [4.78, 5) is 10.6. The number of carbonyl (C=O) groups is 1. The van der Waals surface area contributed by atoms with Gasteiger partial charge in [0.1, 0.15) is 5.78 Å². The standard InChI is InChI=1S/C7H14O.C6H4/c1-3-5-6-7(8)4-2;1-2-5-4-6(5)3-1/h3-6H2,1-2H3;1-4H. The van der Waals surface area contributed by atoms with Crippen molar-refractivity contribution in [3.63, 3.8) is 0 Å². The van der Waals surface area contributed by atoms with Gasteiger partial charge in [0.25, 0.3) is 0 Å². The van der Waals surface area contributed by atoms with Gasteiger partial charge >= 0.3 is 0 Å². The van der Waals surface area contributed by atoms with Gasteiger partial charge in [0.2, 0.25) is 0 Å². The molecule has 0 fully saturated rings. The van der Waals surface area contributed by atoms with E-state index in [2.05, 4.69) is 31.2 Å². The first-order valence-electron chi connectivity index (χ1n) is 5.40. The van der Waals surface area contributed by atoms with Crippen molar-refractivity contribution in [1.29, 1.82) is 0 Å². The Balaban J connectivity index is 0.000000143. The molecule has 0 bridgehead atoms. The number of hydrogen-bond acceptors (Lipinski definition) is 1. The zero-order valence-electron chi connectivity index (χ0n) is 9.05. The molecule has 0 aromatic rings. The van der Waals surface area contributed by atoms with E-state index in [0.717, 1.165) is 19.3 Å². The van der Waals surface area contributed by atoms with Gasteiger partial charge in [0.15, 0.2) is 0 Å². The van der Waals surface area contributed by atoms with Crippen LogP contribution in [-0.2, 0) is 4.79 Å². The molecule has 0 amide bonds. The fraction of sp³-hybridized carbons (Fsp3) is 0.462. The Hall–Kier alpha value is -1.11. The summed E-state index contributed by atoms with van der Waals surface area (Å²) < 4.78 is 0. The zero-order valence-corrected chi connectivity index (χ0v) is 9.05. The molecule has 2 rings (SSSR count). The van der Waals surface area contributed by atoms with Gasteiger partial charge in [0, 0.05) is 12.8 Å². The quantitative estimate of drug-likeness (QED) is 0.716. The van der Waals surface area contributed by atoms with Gasteiger partial charge in [-0.25, -0.2) is 0 Å². The average molecular weight is 190 g/mol. The van der Waals surface area contributed by atoms with Crippen LogP contribution in [0.1, 0.15) is 39.5 Å². The lowest BCUT2D eigenvalue weighted by Gasteiger charge is -1.91. The fourth-order valence-electron chi connectivity index (χ4n) is 1.23. The maximum atomic E-state index is 10.6. The number of ketones is 1. The SMILES string of the molecule is CCCCC(=O)CC.c1cc2cc-2c1. The number of fused-ring (bicyclic) bond motifs is 1. The third-order valence-electron chi connectivity index (χ3n) is 2.32. The summed E-state index contributed by atoms with van der Waals surface area (Å²) in [6, 6.07) is 8.48. The fourth-order valence-corrected chi connectivity index (χ4v) is 1.23. The van der Waals surface area contributed by atoms with Crippen molar-refractivity contribution in [2.24, 2.45) is 0 Å². The molecule has 0 aliphatic heterocycles. The lowest BCUT2D eigenvalue weighted by atomic mass is 10.1. The maximum absolute atomic E-state index is 10.6. The predicted molar refractivity (Wildman–Crippen MR) is 60.3 cm³/mol. The highest BCUT2D eigenvalue weighted by Gasteiger charge is 2.06. The van der Waals surface area contributed by atoms with Gasteiger partial charge in [-0.05, 0) is 23.6 Å². The minimum Gasteiger partial charge on any atom is -0.300 e. The number of rotatable bonds is 4. The van der Waals surface area contributed by atoms with Gasteiger partial charge in [-0.3, -0.25) is 4.79 Å². The van der Waals surface area contributed by atoms with Crippen molar-refractivity contribution in [2.45, 2.75) is 39.5 Å². The number of unbranched alkanes of at least 4 members (excludes halogenated alkanes) is 1. The summed E-state index contributed by atoms with van der Waals surface area (Å²) in [5.74, 6) is 0.395. The molecule has 14 heavy (non-hydrogen) atoms. The maximum Gasteiger partial charge on any atom is 0.132 e. The molecule has 0 heterocycles. The Morgan fingerprint density at radius 2 is 1.86 bits per heavy atom. The van der Waals surface area contributed by atoms with Gasteiger partial charge in [0.05, 0.1) is 0 Å². The van der Waals surface area contributed by atoms with Crippen molar-refractivity contribution in [2.75, 3.05) is 0 Å². The minimum atomic E-state index is 0.395. The van der Waals surface area contributed by atoms with Gasteiger partial charge < -0.3 is 0 Å². The monoisotopic (exact) mass is 190 g/mol. The molecule has 0 aromatic heterocycles. The predicted octanol–water partition coefficient (Wildman–Crippen LogP) is 3.82. The normalized spacial score (nSPS) is 10.1. The van der Waals surface area contributed by atoms with Crippen LogP contribution in [0.3, 0.4) is 0 Å². The highest BCUT2D eigenvalue weighted by atomic mass is 16.1. The Bertz CT molecular complexity index is 285. The number of carbonyl (C=O) groups excluding carboxylic acids is 1. The molecule has 0 atom stereocenters. The first-order valence-corrected chi connectivity index (χ1v) is 5.40. The average Bonchev–Trinajstić information content (AvgIpc) is 2.83. The van der Waals surface area contributed by atoms with E-state index in [4.69, 9.17) is 0 Å². The molecule has 1 nitrogen and oxygen atoms in total. The van der Waals surface area contributed by atoms with Crippen molar-refractivity contribution >= 4 is 5.78 Å². The van der Waals surface area contributed by atoms with Crippen LogP contribution in [-0.4, -0.2) is 5.78 Å². The molecule has 2 aliphatic rings. The summed E-state index contributed by atoms with van der Waals surface area (Å²) in [6.45, 7) is 4.01. The lowest BCUT2D eigenvalue weighted by molar-refractivity contribution is -0.118. The highest BCUT2D eigenvalue weighted by Crippen LogP contribution is 2.32. The first-order chi connectivity index (χ1) is 6.77. The third kappa shape index (κ3) is 3.73. The van der Waals surface area contributed by atoms with E-state index in [1.54, 1.807) is 0 Å². The summed E-state index contributed by atoms with van der Waals surface area (Å²) in [6.07, 6.45) is 3.69. The largest absolute Gasteiger partial charge is 0.300 e. The molecule has 0 saturated heterocycles. The smallest absolute Gasteiger partial charge is 0.132 e. The van der Waals surface area contributed by atoms with E-state index in [1.165, 1.54) is 11.1 Å². The Morgan fingerprint density at radius 1 is 1.21 bits per heavy atom. The zero-order chi connectivity index (χ0) is 10.4. The van der Waals surface area contributed by atoms with Gasteiger partial charge in [-0.15, -0.1) is 0 Å². The van der Waals surface area contributed by atoms with Crippen LogP contribution < -0.4 is 0 Å². The van der Waals surface area contributed by atoms with Crippen LogP contribution in [0.5, 0.6) is 0 Å². The molecule has 2 aliphatic carbocycles. The first kappa shape index (κ1) is 11.0. The number of benzene rings is 1. The van der Waals surface area contributed by atoms with E-state index in [0.29, 0.717) is 12.2 Å². The second kappa shape index (κ2) is 5.58. The highest BCUT2D eigenvalue weighted by molar-refractivity contribution is 5.80. The Kier molecular flexibility index (Phi) is 4.37. The van der Waals surface area contributed by atoms with E-state index in [-0.39, 0.29) is 0 Å². The lowest BCUT2D eigenvalue weighted by Crippen LogP contribution is -1.92. The molecule has 0 unspecified atom stereocenters. The van der Waals surface area contributed by atoms with Crippen molar-refractivity contribution in [1.82, 2.24) is 0 Å². The van der Waals surface area contributed by atoms with Crippen LogP contribution in [0.4, 0.5) is 0 Å². The molecule has 1 heteroatoms.